The van der Waals surface area contributed by atoms with Gasteiger partial charge in [-0.05, 0) is 37.8 Å². The van der Waals surface area contributed by atoms with Gasteiger partial charge in [-0.15, -0.1) is 10.2 Å². The molecule has 0 unspecified atom stereocenters. The third-order valence-electron chi connectivity index (χ3n) is 5.39. The number of nitrogens with zero attached hydrogens (tertiary/aromatic N) is 4. The second-order valence-electron chi connectivity index (χ2n) is 7.25. The van der Waals surface area contributed by atoms with E-state index in [9.17, 15) is 4.79 Å². The van der Waals surface area contributed by atoms with Gasteiger partial charge >= 0.3 is 0 Å². The van der Waals surface area contributed by atoms with Crippen molar-refractivity contribution in [1.29, 1.82) is 0 Å². The van der Waals surface area contributed by atoms with Gasteiger partial charge in [0.05, 0.1) is 11.8 Å². The molecule has 0 N–H and O–H groups in total. The van der Waals surface area contributed by atoms with Gasteiger partial charge < -0.3 is 13.7 Å². The van der Waals surface area contributed by atoms with Crippen molar-refractivity contribution in [1.82, 2.24) is 20.1 Å². The highest BCUT2D eigenvalue weighted by Gasteiger charge is 2.34. The summed E-state index contributed by atoms with van der Waals surface area (Å²) in [7, 11) is 1.86. The summed E-state index contributed by atoms with van der Waals surface area (Å²) in [6.45, 7) is 2.09. The maximum Gasteiger partial charge on any atom is 0.254 e. The molecule has 0 saturated heterocycles. The molecule has 1 amide bonds. The standard InChI is InChI=1S/C21H24N4O3/c1-3-6-18-23-24-19(28-18)14-9-10-15(13-14)25(2)21(26)17-8-5-4-7-16(17)20-22-11-12-27-20/h4-5,7-8,11-12,14-15H,3,6,9-10,13H2,1-2H3/t14-,15+/m0/s1. The van der Waals surface area contributed by atoms with Gasteiger partial charge in [0.25, 0.3) is 5.91 Å². The zero-order valence-electron chi connectivity index (χ0n) is 16.2. The Morgan fingerprint density at radius 1 is 1.25 bits per heavy atom. The van der Waals surface area contributed by atoms with E-state index in [4.69, 9.17) is 8.83 Å². The lowest BCUT2D eigenvalue weighted by atomic mass is 10.0. The van der Waals surface area contributed by atoms with Crippen LogP contribution in [0.4, 0.5) is 0 Å². The van der Waals surface area contributed by atoms with Gasteiger partial charge in [0.1, 0.15) is 6.26 Å². The highest BCUT2D eigenvalue weighted by atomic mass is 16.4. The molecule has 7 nitrogen and oxygen atoms in total. The van der Waals surface area contributed by atoms with Crippen molar-refractivity contribution in [3.63, 3.8) is 0 Å². The van der Waals surface area contributed by atoms with E-state index < -0.39 is 0 Å². The predicted molar refractivity (Wildman–Crippen MR) is 103 cm³/mol. The van der Waals surface area contributed by atoms with E-state index in [0.29, 0.717) is 28.8 Å². The molecular formula is C21H24N4O3. The van der Waals surface area contributed by atoms with Crippen LogP contribution in [-0.4, -0.2) is 39.1 Å². The molecule has 0 aliphatic heterocycles. The van der Waals surface area contributed by atoms with Gasteiger partial charge in [-0.1, -0.05) is 19.1 Å². The third-order valence-corrected chi connectivity index (χ3v) is 5.39. The molecule has 28 heavy (non-hydrogen) atoms. The zero-order chi connectivity index (χ0) is 19.5. The Kier molecular flexibility index (Phi) is 5.23. The summed E-state index contributed by atoms with van der Waals surface area (Å²) in [5, 5.41) is 8.35. The van der Waals surface area contributed by atoms with Gasteiger partial charge in [-0.3, -0.25) is 4.79 Å². The Balaban J connectivity index is 1.48. The van der Waals surface area contributed by atoms with Crippen LogP contribution < -0.4 is 0 Å². The number of carbonyl (C=O) groups is 1. The second kappa shape index (κ2) is 7.96. The van der Waals surface area contributed by atoms with E-state index in [0.717, 1.165) is 32.1 Å². The number of amides is 1. The summed E-state index contributed by atoms with van der Waals surface area (Å²) in [6.07, 6.45) is 7.57. The fraction of sp³-hybridized carbons (Fsp3) is 0.429. The molecule has 0 bridgehead atoms. The van der Waals surface area contributed by atoms with E-state index >= 15 is 0 Å². The Morgan fingerprint density at radius 3 is 2.89 bits per heavy atom. The Hall–Kier alpha value is -2.96. The number of aromatic nitrogens is 3. The minimum Gasteiger partial charge on any atom is -0.445 e. The largest absolute Gasteiger partial charge is 0.445 e. The number of hydrogen-bond acceptors (Lipinski definition) is 6. The molecule has 2 aromatic heterocycles. The van der Waals surface area contributed by atoms with Crippen LogP contribution in [0.5, 0.6) is 0 Å². The van der Waals surface area contributed by atoms with Crippen molar-refractivity contribution in [3.8, 4) is 11.5 Å². The first-order valence-corrected chi connectivity index (χ1v) is 9.75. The van der Waals surface area contributed by atoms with Gasteiger partial charge in [-0.25, -0.2) is 4.98 Å². The van der Waals surface area contributed by atoms with E-state index in [-0.39, 0.29) is 17.9 Å². The molecule has 4 rings (SSSR count). The van der Waals surface area contributed by atoms with Crippen LogP contribution in [-0.2, 0) is 6.42 Å². The molecule has 1 aliphatic rings. The maximum atomic E-state index is 13.2. The molecule has 1 aliphatic carbocycles. The van der Waals surface area contributed by atoms with Crippen LogP contribution in [0.3, 0.4) is 0 Å². The van der Waals surface area contributed by atoms with Crippen LogP contribution in [0.15, 0.2) is 45.6 Å². The van der Waals surface area contributed by atoms with Crippen LogP contribution in [0.1, 0.15) is 60.7 Å². The smallest absolute Gasteiger partial charge is 0.254 e. The number of oxazole rings is 1. The lowest BCUT2D eigenvalue weighted by molar-refractivity contribution is 0.0734. The molecule has 7 heteroatoms. The van der Waals surface area contributed by atoms with Crippen LogP contribution in [0.2, 0.25) is 0 Å². The molecule has 0 spiro atoms. The van der Waals surface area contributed by atoms with Crippen molar-refractivity contribution >= 4 is 5.91 Å². The molecule has 0 radical (unpaired) electrons. The normalized spacial score (nSPS) is 19.1. The Bertz CT molecular complexity index is 935. The summed E-state index contributed by atoms with van der Waals surface area (Å²) >= 11 is 0. The van der Waals surface area contributed by atoms with E-state index in [1.165, 1.54) is 6.26 Å². The van der Waals surface area contributed by atoms with Crippen molar-refractivity contribution in [3.05, 3.63) is 54.1 Å². The molecule has 146 valence electrons. The molecule has 1 aromatic carbocycles. The minimum absolute atomic E-state index is 0.0309. The molecule has 1 saturated carbocycles. The van der Waals surface area contributed by atoms with Gasteiger partial charge in [0.15, 0.2) is 0 Å². The van der Waals surface area contributed by atoms with Crippen molar-refractivity contribution in [2.75, 3.05) is 7.05 Å². The first kappa shape index (κ1) is 18.4. The van der Waals surface area contributed by atoms with Gasteiger partial charge in [0.2, 0.25) is 17.7 Å². The summed E-state index contributed by atoms with van der Waals surface area (Å²) < 4.78 is 11.2. The number of benzene rings is 1. The monoisotopic (exact) mass is 380 g/mol. The zero-order valence-corrected chi connectivity index (χ0v) is 16.2. The number of carbonyl (C=O) groups excluding carboxylic acids is 1. The number of hydrogen-bond donors (Lipinski definition) is 0. The fourth-order valence-corrected chi connectivity index (χ4v) is 3.85. The van der Waals surface area contributed by atoms with Crippen LogP contribution in [0.25, 0.3) is 11.5 Å². The molecular weight excluding hydrogens is 356 g/mol. The first-order valence-electron chi connectivity index (χ1n) is 9.75. The quantitative estimate of drug-likeness (QED) is 0.640. The third kappa shape index (κ3) is 3.56. The van der Waals surface area contributed by atoms with Gasteiger partial charge in [-0.2, -0.15) is 0 Å². The Morgan fingerprint density at radius 2 is 2.11 bits per heavy atom. The lowest BCUT2D eigenvalue weighted by Crippen LogP contribution is -2.35. The lowest BCUT2D eigenvalue weighted by Gasteiger charge is -2.25. The van der Waals surface area contributed by atoms with Crippen molar-refractivity contribution in [2.24, 2.45) is 0 Å². The molecule has 2 heterocycles. The highest BCUT2D eigenvalue weighted by Crippen LogP contribution is 2.37. The second-order valence-corrected chi connectivity index (χ2v) is 7.25. The first-order chi connectivity index (χ1) is 13.7. The van der Waals surface area contributed by atoms with E-state index in [2.05, 4.69) is 22.1 Å². The predicted octanol–water partition coefficient (Wildman–Crippen LogP) is 4.09. The Labute approximate surface area is 163 Å². The topological polar surface area (TPSA) is 85.3 Å². The van der Waals surface area contributed by atoms with Crippen LogP contribution >= 0.6 is 0 Å². The molecule has 3 aromatic rings. The number of aryl methyl sites for hydroxylation is 1. The summed E-state index contributed by atoms with van der Waals surface area (Å²) in [4.78, 5) is 19.2. The number of rotatable bonds is 6. The fourth-order valence-electron chi connectivity index (χ4n) is 3.85. The molecule has 2 atom stereocenters. The summed E-state index contributed by atoms with van der Waals surface area (Å²) in [5.74, 6) is 2.03. The summed E-state index contributed by atoms with van der Waals surface area (Å²) in [6, 6.07) is 7.55. The van der Waals surface area contributed by atoms with E-state index in [1.54, 1.807) is 6.20 Å². The van der Waals surface area contributed by atoms with Crippen molar-refractivity contribution < 1.29 is 13.6 Å². The SMILES string of the molecule is CCCc1nnc([C@H]2CC[C@@H](N(C)C(=O)c3ccccc3-c3ncco3)C2)o1. The average Bonchev–Trinajstić information content (AvgIpc) is 3.48. The molecule has 1 fully saturated rings. The van der Waals surface area contributed by atoms with Crippen molar-refractivity contribution in [2.45, 2.75) is 51.0 Å². The van der Waals surface area contributed by atoms with Crippen LogP contribution in [0, 0.1) is 0 Å². The summed E-state index contributed by atoms with van der Waals surface area (Å²) in [5.41, 5.74) is 1.30. The minimum atomic E-state index is -0.0309. The van der Waals surface area contributed by atoms with E-state index in [1.807, 2.05) is 36.2 Å². The van der Waals surface area contributed by atoms with Gasteiger partial charge in [0, 0.05) is 31.0 Å². The average molecular weight is 380 g/mol. The highest BCUT2D eigenvalue weighted by molar-refractivity contribution is 6.00. The maximum absolute atomic E-state index is 13.2.